The standard InChI is InChI=1S/C55H94N7O18P3S/c1-4-5-6-7-8-9-10-11-12-13-14-15-16-17-18-19-20-21-22-23-24-25-26-27-28-29-30-31-32-33-43(63)38-46(65)84-37-36-57-45(64)34-35-58-53(68)50(67)55(2,3)40-77-83(74,75)80-82(72,73)76-39-44-49(79-81(69,70)71)48(66)54(78-44)62-42-61-47-51(56)59-41-60-52(47)62/h8-9,11-12,14-15,17-18,41-44,48-50,54,63,66-67H,4-7,10,13,16,19-40H2,1-3H3,(H,57,64)(H,58,68)(H,72,73)(H,74,75)(H2,56,59,60)(H2,69,70,71)/b9-8-,12-11-,15-14-,18-17-/t43-,44-,48-,49-,50+,54-/m1/s1. The molecule has 3 rings (SSSR count). The molecule has 2 aromatic rings. The third kappa shape index (κ3) is 31.9. The molecular weight excluding hydrogens is 1170 g/mol. The van der Waals surface area contributed by atoms with Crippen LogP contribution in [0.5, 0.6) is 0 Å². The molecule has 1 aliphatic heterocycles. The van der Waals surface area contributed by atoms with Crippen LogP contribution in [0.1, 0.15) is 181 Å². The van der Waals surface area contributed by atoms with Gasteiger partial charge in [-0.1, -0.05) is 171 Å². The summed E-state index contributed by atoms with van der Waals surface area (Å²) in [6.07, 6.45) is 36.0. The van der Waals surface area contributed by atoms with Crippen molar-refractivity contribution < 1.29 is 85.6 Å². The molecule has 0 saturated carbocycles. The molecule has 0 aliphatic carbocycles. The van der Waals surface area contributed by atoms with Crippen LogP contribution in [-0.2, 0) is 50.7 Å². The number of aliphatic hydroxyl groups excluding tert-OH is 3. The molecule has 0 aromatic carbocycles. The molecule has 11 N–H and O–H groups in total. The number of imidazole rings is 1. The molecule has 25 nitrogen and oxygen atoms in total. The number of nitrogen functional groups attached to an aromatic ring is 1. The van der Waals surface area contributed by atoms with Crippen molar-refractivity contribution in [3.05, 3.63) is 61.3 Å². The van der Waals surface area contributed by atoms with Crippen LogP contribution in [0, 0.1) is 5.41 Å². The fourth-order valence-corrected chi connectivity index (χ4v) is 12.4. The molecule has 1 aliphatic rings. The maximum absolute atomic E-state index is 12.8. The molecule has 1 fully saturated rings. The van der Waals surface area contributed by atoms with Gasteiger partial charge in [0, 0.05) is 37.1 Å². The summed E-state index contributed by atoms with van der Waals surface area (Å²) in [6, 6.07) is 0. The van der Waals surface area contributed by atoms with Crippen molar-refractivity contribution in [3.63, 3.8) is 0 Å². The number of nitrogens with two attached hydrogens (primary N) is 1. The molecule has 2 amide bonds. The first kappa shape index (κ1) is 74.7. The SMILES string of the molecule is CCCCC/C=C\C/C=C\C/C=C\C/C=C\CCCCCCCCCCCCCCC[C@@H](O)CC(=O)SCCNC(=O)CCNC(=O)[C@H](O)C(C)(C)COP(=O)(O)OP(=O)(O)OC[C@H]1O[C@@H](n2cnc3c(N)ncnc32)[C@H](O)[C@@H]1OP(=O)(O)O. The fraction of sp³-hybridized carbons (Fsp3) is 0.709. The molecule has 84 heavy (non-hydrogen) atoms. The van der Waals surface area contributed by atoms with E-state index in [1.165, 1.54) is 104 Å². The number of carbonyl (C=O) groups is 3. The third-order valence-electron chi connectivity index (χ3n) is 13.5. The second-order valence-electron chi connectivity index (χ2n) is 21.4. The summed E-state index contributed by atoms with van der Waals surface area (Å²) in [5.74, 6) is -1.22. The number of hydrogen-bond acceptors (Lipinski definition) is 19. The Hall–Kier alpha value is -3.52. The number of hydrogen-bond donors (Lipinski definition) is 10. The Balaban J connectivity index is 1.16. The Bertz CT molecular complexity index is 2510. The van der Waals surface area contributed by atoms with Crippen LogP contribution < -0.4 is 16.4 Å². The zero-order valence-electron chi connectivity index (χ0n) is 49.0. The van der Waals surface area contributed by atoms with E-state index in [-0.39, 0.29) is 53.8 Å². The molecule has 0 radical (unpaired) electrons. The highest BCUT2D eigenvalue weighted by molar-refractivity contribution is 8.13. The summed E-state index contributed by atoms with van der Waals surface area (Å²) >= 11 is 1.00. The van der Waals surface area contributed by atoms with Crippen LogP contribution in [0.2, 0.25) is 0 Å². The zero-order chi connectivity index (χ0) is 61.9. The second-order valence-corrected chi connectivity index (χ2v) is 26.8. The van der Waals surface area contributed by atoms with Gasteiger partial charge in [0.15, 0.2) is 22.8 Å². The first-order chi connectivity index (χ1) is 39.9. The Morgan fingerprint density at radius 1 is 0.762 bits per heavy atom. The Labute approximate surface area is 498 Å². The van der Waals surface area contributed by atoms with Crippen LogP contribution >= 0.6 is 35.2 Å². The van der Waals surface area contributed by atoms with E-state index in [0.29, 0.717) is 6.42 Å². The molecule has 29 heteroatoms. The minimum absolute atomic E-state index is 0.0197. The lowest BCUT2D eigenvalue weighted by Crippen LogP contribution is -2.46. The van der Waals surface area contributed by atoms with Crippen molar-refractivity contribution in [2.45, 2.75) is 212 Å². The van der Waals surface area contributed by atoms with Gasteiger partial charge >= 0.3 is 23.5 Å². The number of ether oxygens (including phenoxy) is 1. The van der Waals surface area contributed by atoms with Crippen LogP contribution in [0.3, 0.4) is 0 Å². The second kappa shape index (κ2) is 40.8. The monoisotopic (exact) mass is 1270 g/mol. The first-order valence-electron chi connectivity index (χ1n) is 29.3. The number of thioether (sulfide) groups is 1. The van der Waals surface area contributed by atoms with E-state index in [9.17, 15) is 63.0 Å². The predicted octanol–water partition coefficient (Wildman–Crippen LogP) is 9.24. The van der Waals surface area contributed by atoms with Gasteiger partial charge in [0.05, 0.1) is 25.6 Å². The molecule has 2 aromatic heterocycles. The van der Waals surface area contributed by atoms with E-state index in [2.05, 4.69) is 90.0 Å². The average molecular weight is 1270 g/mol. The van der Waals surface area contributed by atoms with E-state index in [4.69, 9.17) is 19.5 Å². The number of carbonyl (C=O) groups excluding carboxylic acids is 3. The maximum Gasteiger partial charge on any atom is 0.481 e. The Kier molecular flexibility index (Phi) is 36.3. The number of anilines is 1. The Morgan fingerprint density at radius 3 is 1.89 bits per heavy atom. The van der Waals surface area contributed by atoms with Crippen LogP contribution in [0.15, 0.2) is 61.3 Å². The number of phosphoric acid groups is 3. The number of aromatic nitrogens is 4. The fourth-order valence-electron chi connectivity index (χ4n) is 8.80. The summed E-state index contributed by atoms with van der Waals surface area (Å²) in [5.41, 5.74) is 4.26. The van der Waals surface area contributed by atoms with Gasteiger partial charge in [-0.05, 0) is 51.4 Å². The van der Waals surface area contributed by atoms with E-state index < -0.39 is 90.7 Å². The molecule has 8 atom stereocenters. The number of unbranched alkanes of at least 4 members (excludes halogenated alkanes) is 16. The van der Waals surface area contributed by atoms with Gasteiger partial charge in [0.25, 0.3) is 0 Å². The summed E-state index contributed by atoms with van der Waals surface area (Å²) < 4.78 is 62.6. The number of rotatable bonds is 47. The number of nitrogens with one attached hydrogen (secondary N) is 2. The van der Waals surface area contributed by atoms with Crippen molar-refractivity contribution in [1.29, 1.82) is 0 Å². The predicted molar refractivity (Wildman–Crippen MR) is 322 cm³/mol. The molecule has 0 spiro atoms. The summed E-state index contributed by atoms with van der Waals surface area (Å²) in [6.45, 7) is 2.63. The van der Waals surface area contributed by atoms with Gasteiger partial charge in [-0.3, -0.25) is 32.5 Å². The third-order valence-corrected chi connectivity index (χ3v) is 17.5. The molecule has 2 unspecified atom stereocenters. The van der Waals surface area contributed by atoms with Crippen molar-refractivity contribution >= 4 is 69.1 Å². The van der Waals surface area contributed by atoms with Crippen molar-refractivity contribution in [2.75, 3.05) is 37.8 Å². The number of nitrogens with zero attached hydrogens (tertiary/aromatic N) is 4. The molecule has 3 heterocycles. The van der Waals surface area contributed by atoms with Gasteiger partial charge < -0.3 is 56.0 Å². The molecule has 0 bridgehead atoms. The van der Waals surface area contributed by atoms with E-state index in [1.807, 2.05) is 0 Å². The molecular formula is C55H94N7O18P3S. The van der Waals surface area contributed by atoms with Gasteiger partial charge in [-0.25, -0.2) is 28.6 Å². The van der Waals surface area contributed by atoms with E-state index >= 15 is 0 Å². The number of amides is 2. The largest absolute Gasteiger partial charge is 0.481 e. The van der Waals surface area contributed by atoms with Gasteiger partial charge in [0.2, 0.25) is 11.8 Å². The maximum atomic E-state index is 12.8. The number of fused-ring (bicyclic) bond motifs is 1. The first-order valence-corrected chi connectivity index (χ1v) is 34.8. The molecule has 478 valence electrons. The lowest BCUT2D eigenvalue weighted by Gasteiger charge is -2.30. The van der Waals surface area contributed by atoms with Gasteiger partial charge in [-0.2, -0.15) is 4.31 Å². The summed E-state index contributed by atoms with van der Waals surface area (Å²) in [7, 11) is -16.5. The van der Waals surface area contributed by atoms with Crippen molar-refractivity contribution in [3.8, 4) is 0 Å². The lowest BCUT2D eigenvalue weighted by atomic mass is 9.87. The summed E-state index contributed by atoms with van der Waals surface area (Å²) in [5, 5.41) is 36.8. The number of aliphatic hydroxyl groups is 3. The van der Waals surface area contributed by atoms with Crippen molar-refractivity contribution in [2.24, 2.45) is 5.41 Å². The highest BCUT2D eigenvalue weighted by Gasteiger charge is 2.50. The highest BCUT2D eigenvalue weighted by atomic mass is 32.2. The van der Waals surface area contributed by atoms with Crippen LogP contribution in [0.4, 0.5) is 5.82 Å². The number of allylic oxidation sites excluding steroid dienone is 8. The zero-order valence-corrected chi connectivity index (χ0v) is 52.5. The van der Waals surface area contributed by atoms with E-state index in [1.54, 1.807) is 0 Å². The lowest BCUT2D eigenvalue weighted by molar-refractivity contribution is -0.137. The van der Waals surface area contributed by atoms with Gasteiger partial charge in [0.1, 0.15) is 36.3 Å². The Morgan fingerprint density at radius 2 is 1.31 bits per heavy atom. The number of phosphoric ester groups is 3. The van der Waals surface area contributed by atoms with E-state index in [0.717, 1.165) is 73.9 Å². The van der Waals surface area contributed by atoms with Crippen LogP contribution in [-0.4, -0.2) is 134 Å². The summed E-state index contributed by atoms with van der Waals surface area (Å²) in [4.78, 5) is 88.9. The van der Waals surface area contributed by atoms with Gasteiger partial charge in [-0.15, -0.1) is 0 Å². The minimum Gasteiger partial charge on any atom is -0.393 e. The normalized spacial score (nSPS) is 19.2. The average Bonchev–Trinajstić information content (AvgIpc) is 2.09. The molecule has 1 saturated heterocycles. The highest BCUT2D eigenvalue weighted by Crippen LogP contribution is 2.61. The topological polar surface area (TPSA) is 384 Å². The quantitative estimate of drug-likeness (QED) is 0.0167. The van der Waals surface area contributed by atoms with Crippen LogP contribution in [0.25, 0.3) is 11.2 Å². The van der Waals surface area contributed by atoms with Crippen molar-refractivity contribution in [1.82, 2.24) is 30.2 Å². The minimum atomic E-state index is -5.59. The smallest absolute Gasteiger partial charge is 0.393 e.